The fourth-order valence-corrected chi connectivity index (χ4v) is 1.36. The SMILES string of the molecule is C=CCn1cccc(C(=O)N=S(=N)=O)c1=O. The number of hydrogen-bond donors (Lipinski definition) is 1. The van der Waals surface area contributed by atoms with Crippen molar-refractivity contribution in [2.75, 3.05) is 0 Å². The largest absolute Gasteiger partial charge is 0.311 e. The number of hydrogen-bond acceptors (Lipinski definition) is 4. The first kappa shape index (κ1) is 12.1. The van der Waals surface area contributed by atoms with Crippen LogP contribution in [0.2, 0.25) is 0 Å². The normalized spacial score (nSPS) is 9.50. The minimum Gasteiger partial charge on any atom is -0.311 e. The van der Waals surface area contributed by atoms with E-state index in [2.05, 4.69) is 10.9 Å². The third kappa shape index (κ3) is 2.74. The standard InChI is InChI=1S/C9H9N3O3S/c1-2-5-12-6-3-4-7(9(12)14)8(13)11-16(10)15/h2-4,6,10H,1,5H2. The van der Waals surface area contributed by atoms with Gasteiger partial charge in [-0.3, -0.25) is 9.59 Å². The van der Waals surface area contributed by atoms with Crippen LogP contribution in [0, 0.1) is 4.78 Å². The lowest BCUT2D eigenvalue weighted by Gasteiger charge is -2.01. The molecule has 0 aromatic carbocycles. The van der Waals surface area contributed by atoms with E-state index in [1.807, 2.05) is 0 Å². The molecule has 0 saturated heterocycles. The van der Waals surface area contributed by atoms with Gasteiger partial charge in [0, 0.05) is 12.7 Å². The summed E-state index contributed by atoms with van der Waals surface area (Å²) >= 11 is 0. The zero-order chi connectivity index (χ0) is 12.1. The molecule has 6 nitrogen and oxygen atoms in total. The van der Waals surface area contributed by atoms with Crippen molar-refractivity contribution in [2.24, 2.45) is 4.36 Å². The van der Waals surface area contributed by atoms with Crippen LogP contribution in [-0.2, 0) is 16.9 Å². The van der Waals surface area contributed by atoms with Gasteiger partial charge in [-0.1, -0.05) is 6.08 Å². The molecule has 1 amide bonds. The molecule has 16 heavy (non-hydrogen) atoms. The third-order valence-electron chi connectivity index (χ3n) is 1.74. The molecule has 0 bridgehead atoms. The number of pyridine rings is 1. The molecule has 0 saturated carbocycles. The summed E-state index contributed by atoms with van der Waals surface area (Å²) < 4.78 is 21.3. The average molecular weight is 239 g/mol. The Hall–Kier alpha value is -2.02. The van der Waals surface area contributed by atoms with Gasteiger partial charge in [0.15, 0.2) is 10.4 Å². The number of amides is 1. The zero-order valence-electron chi connectivity index (χ0n) is 8.25. The average Bonchev–Trinajstić information content (AvgIpc) is 2.20. The molecule has 7 heteroatoms. The first-order chi connectivity index (χ1) is 7.56. The van der Waals surface area contributed by atoms with Crippen molar-refractivity contribution in [3.05, 3.63) is 46.9 Å². The minimum atomic E-state index is -2.36. The zero-order valence-corrected chi connectivity index (χ0v) is 9.07. The molecule has 0 spiro atoms. The summed E-state index contributed by atoms with van der Waals surface area (Å²) in [5, 5.41) is 0. The van der Waals surface area contributed by atoms with E-state index in [1.54, 1.807) is 0 Å². The molecule has 0 atom stereocenters. The second-order valence-corrected chi connectivity index (χ2v) is 3.49. The van der Waals surface area contributed by atoms with E-state index in [0.717, 1.165) is 0 Å². The van der Waals surface area contributed by atoms with Crippen molar-refractivity contribution < 1.29 is 9.00 Å². The number of carbonyl (C=O) groups is 1. The van der Waals surface area contributed by atoms with Gasteiger partial charge < -0.3 is 4.57 Å². The van der Waals surface area contributed by atoms with Gasteiger partial charge in [-0.25, -0.2) is 4.78 Å². The first-order valence-corrected chi connectivity index (χ1v) is 5.36. The molecule has 1 aromatic heterocycles. The molecule has 0 aliphatic rings. The fourth-order valence-electron chi connectivity index (χ4n) is 1.11. The van der Waals surface area contributed by atoms with E-state index in [-0.39, 0.29) is 12.1 Å². The molecular weight excluding hydrogens is 230 g/mol. The highest BCUT2D eigenvalue weighted by Crippen LogP contribution is 1.95. The molecule has 0 unspecified atom stereocenters. The quantitative estimate of drug-likeness (QED) is 0.793. The molecule has 0 radical (unpaired) electrons. The number of nitrogens with one attached hydrogen (secondary N) is 1. The van der Waals surface area contributed by atoms with Crippen molar-refractivity contribution in [1.82, 2.24) is 4.57 Å². The van der Waals surface area contributed by atoms with Gasteiger partial charge in [-0.2, -0.15) is 4.21 Å². The van der Waals surface area contributed by atoms with Gasteiger partial charge >= 0.3 is 0 Å². The van der Waals surface area contributed by atoms with Crippen molar-refractivity contribution >= 4 is 16.3 Å². The number of nitrogens with zero attached hydrogens (tertiary/aromatic N) is 2. The Bertz CT molecular complexity index is 605. The topological polar surface area (TPSA) is 92.3 Å². The van der Waals surface area contributed by atoms with Crippen LogP contribution in [0.15, 0.2) is 40.1 Å². The summed E-state index contributed by atoms with van der Waals surface area (Å²) in [6.07, 6.45) is 3.01. The van der Waals surface area contributed by atoms with Gasteiger partial charge in [0.1, 0.15) is 5.56 Å². The van der Waals surface area contributed by atoms with Gasteiger partial charge in [0.25, 0.3) is 11.5 Å². The molecule has 1 heterocycles. The van der Waals surface area contributed by atoms with Gasteiger partial charge in [-0.15, -0.1) is 10.9 Å². The molecule has 0 fully saturated rings. The number of allylic oxidation sites excluding steroid dienone is 1. The lowest BCUT2D eigenvalue weighted by Crippen LogP contribution is -2.24. The second-order valence-electron chi connectivity index (χ2n) is 2.81. The predicted octanol–water partition coefficient (Wildman–Crippen LogP) is 0.869. The molecular formula is C9H9N3O3S. The summed E-state index contributed by atoms with van der Waals surface area (Å²) in [5.41, 5.74) is -0.744. The molecule has 0 aliphatic heterocycles. The highest BCUT2D eigenvalue weighted by molar-refractivity contribution is 7.63. The second kappa shape index (κ2) is 5.17. The minimum absolute atomic E-state index is 0.204. The Morgan fingerprint density at radius 3 is 2.94 bits per heavy atom. The third-order valence-corrected chi connectivity index (χ3v) is 2.07. The Kier molecular flexibility index (Phi) is 3.90. The number of carbonyl (C=O) groups excluding carboxylic acids is 1. The van der Waals surface area contributed by atoms with Crippen LogP contribution >= 0.6 is 0 Å². The molecule has 1 aromatic rings. The Balaban J connectivity index is 3.31. The number of aromatic nitrogens is 1. The van der Waals surface area contributed by atoms with Crippen LogP contribution in [0.4, 0.5) is 0 Å². The van der Waals surface area contributed by atoms with Crippen LogP contribution < -0.4 is 5.56 Å². The fraction of sp³-hybridized carbons (Fsp3) is 0.111. The highest BCUT2D eigenvalue weighted by Gasteiger charge is 2.10. The summed E-state index contributed by atoms with van der Waals surface area (Å²) in [5.74, 6) is -0.947. The van der Waals surface area contributed by atoms with E-state index in [4.69, 9.17) is 4.78 Å². The van der Waals surface area contributed by atoms with Crippen LogP contribution in [0.5, 0.6) is 0 Å². The predicted molar refractivity (Wildman–Crippen MR) is 58.5 cm³/mol. The van der Waals surface area contributed by atoms with Crippen LogP contribution in [-0.4, -0.2) is 14.7 Å². The summed E-state index contributed by atoms with van der Waals surface area (Å²) in [4.78, 5) is 23.0. The number of rotatable bonds is 3. The van der Waals surface area contributed by atoms with Gasteiger partial charge in [0.2, 0.25) is 0 Å². The van der Waals surface area contributed by atoms with E-state index in [9.17, 15) is 13.8 Å². The van der Waals surface area contributed by atoms with Crippen LogP contribution in [0.3, 0.4) is 0 Å². The molecule has 84 valence electrons. The van der Waals surface area contributed by atoms with Crippen molar-refractivity contribution in [3.63, 3.8) is 0 Å². The molecule has 1 N–H and O–H groups in total. The summed E-state index contributed by atoms with van der Waals surface area (Å²) in [6, 6.07) is 2.78. The Labute approximate surface area is 93.0 Å². The van der Waals surface area contributed by atoms with E-state index in [1.165, 1.54) is 29.0 Å². The monoisotopic (exact) mass is 239 g/mol. The first-order valence-electron chi connectivity index (χ1n) is 4.26. The highest BCUT2D eigenvalue weighted by atomic mass is 32.2. The Morgan fingerprint density at radius 1 is 1.69 bits per heavy atom. The molecule has 0 aliphatic carbocycles. The van der Waals surface area contributed by atoms with E-state index >= 15 is 0 Å². The smallest absolute Gasteiger partial charge is 0.296 e. The maximum absolute atomic E-state index is 11.7. The van der Waals surface area contributed by atoms with E-state index < -0.39 is 21.9 Å². The van der Waals surface area contributed by atoms with Crippen LogP contribution in [0.1, 0.15) is 10.4 Å². The van der Waals surface area contributed by atoms with Gasteiger partial charge in [0.05, 0.1) is 0 Å². The lowest BCUT2D eigenvalue weighted by molar-refractivity contribution is 0.100. The Morgan fingerprint density at radius 2 is 2.38 bits per heavy atom. The van der Waals surface area contributed by atoms with E-state index in [0.29, 0.717) is 0 Å². The summed E-state index contributed by atoms with van der Waals surface area (Å²) in [7, 11) is -2.36. The van der Waals surface area contributed by atoms with Crippen LogP contribution in [0.25, 0.3) is 0 Å². The van der Waals surface area contributed by atoms with Crippen molar-refractivity contribution in [3.8, 4) is 0 Å². The maximum atomic E-state index is 11.7. The summed E-state index contributed by atoms with van der Waals surface area (Å²) in [6.45, 7) is 3.74. The van der Waals surface area contributed by atoms with Crippen molar-refractivity contribution in [1.29, 1.82) is 4.78 Å². The maximum Gasteiger partial charge on any atom is 0.296 e. The lowest BCUT2D eigenvalue weighted by atomic mass is 10.2. The molecule has 1 rings (SSSR count). The van der Waals surface area contributed by atoms with Gasteiger partial charge in [-0.05, 0) is 12.1 Å². The van der Waals surface area contributed by atoms with Crippen molar-refractivity contribution in [2.45, 2.75) is 6.54 Å².